The third kappa shape index (κ3) is 1.52. The molecule has 1 N–H and O–H groups in total. The Kier molecular flexibility index (Phi) is 3.20. The van der Waals surface area contributed by atoms with Crippen LogP contribution in [0.5, 0.6) is 0 Å². The standard InChI is InChI=1S/C8H5BrF2N2O/c1-13-3(2-12)4-6(10)5(9)8(14)7(4)11/h5-8,14H/b4-3-. The summed E-state index contributed by atoms with van der Waals surface area (Å²) in [5.74, 6) is 0. The lowest BCUT2D eigenvalue weighted by atomic mass is 10.1. The smallest absolute Gasteiger partial charge is 0.267 e. The van der Waals surface area contributed by atoms with Gasteiger partial charge in [-0.25, -0.2) is 18.9 Å². The van der Waals surface area contributed by atoms with Crippen LogP contribution >= 0.6 is 15.9 Å². The largest absolute Gasteiger partial charge is 0.388 e. The third-order valence-electron chi connectivity index (χ3n) is 1.99. The summed E-state index contributed by atoms with van der Waals surface area (Å²) in [4.78, 5) is 1.62. The lowest BCUT2D eigenvalue weighted by Crippen LogP contribution is -2.24. The monoisotopic (exact) mass is 262 g/mol. The summed E-state index contributed by atoms with van der Waals surface area (Å²) in [5, 5.41) is 17.6. The van der Waals surface area contributed by atoms with Crippen LogP contribution in [0.3, 0.4) is 0 Å². The van der Waals surface area contributed by atoms with Gasteiger partial charge in [0.25, 0.3) is 5.70 Å². The molecule has 1 fully saturated rings. The Morgan fingerprint density at radius 1 is 1.57 bits per heavy atom. The highest BCUT2D eigenvalue weighted by Crippen LogP contribution is 2.37. The number of nitrogens with zero attached hydrogens (tertiary/aromatic N) is 2. The number of alkyl halides is 3. The van der Waals surface area contributed by atoms with E-state index in [1.165, 1.54) is 6.07 Å². The van der Waals surface area contributed by atoms with Crippen molar-refractivity contribution in [3.63, 3.8) is 0 Å². The van der Waals surface area contributed by atoms with E-state index in [9.17, 15) is 8.78 Å². The molecule has 6 heteroatoms. The van der Waals surface area contributed by atoms with Gasteiger partial charge in [-0.05, 0) is 0 Å². The minimum atomic E-state index is -1.99. The molecule has 4 atom stereocenters. The molecule has 0 aromatic rings. The number of nitriles is 1. The fourth-order valence-corrected chi connectivity index (χ4v) is 1.81. The predicted octanol–water partition coefficient (Wildman–Crippen LogP) is 1.50. The van der Waals surface area contributed by atoms with E-state index in [-0.39, 0.29) is 0 Å². The van der Waals surface area contributed by atoms with Crippen LogP contribution in [0.4, 0.5) is 8.78 Å². The van der Waals surface area contributed by atoms with Gasteiger partial charge in [-0.3, -0.25) is 0 Å². The fraction of sp³-hybridized carbons (Fsp3) is 0.500. The van der Waals surface area contributed by atoms with Gasteiger partial charge in [-0.15, -0.1) is 0 Å². The molecule has 0 saturated heterocycles. The zero-order valence-electron chi connectivity index (χ0n) is 6.78. The minimum Gasteiger partial charge on any atom is -0.388 e. The van der Waals surface area contributed by atoms with Gasteiger partial charge in [0.15, 0.2) is 0 Å². The lowest BCUT2D eigenvalue weighted by Gasteiger charge is -2.06. The number of hydrogen-bond donors (Lipinski definition) is 1. The summed E-state index contributed by atoms with van der Waals surface area (Å²) in [5.41, 5.74) is -1.18. The van der Waals surface area contributed by atoms with Gasteiger partial charge >= 0.3 is 0 Å². The van der Waals surface area contributed by atoms with Crippen LogP contribution in [0.1, 0.15) is 0 Å². The van der Waals surface area contributed by atoms with Crippen molar-refractivity contribution in [2.75, 3.05) is 0 Å². The Morgan fingerprint density at radius 3 is 2.43 bits per heavy atom. The normalized spacial score (nSPS) is 40.1. The SMILES string of the molecule is [C-]#[N+]/C(C#N)=C1\C(F)C(O)C(Br)C1F. The van der Waals surface area contributed by atoms with Crippen molar-refractivity contribution in [1.82, 2.24) is 0 Å². The first kappa shape index (κ1) is 11.1. The van der Waals surface area contributed by atoms with Crippen molar-refractivity contribution in [3.05, 3.63) is 22.7 Å². The Morgan fingerprint density at radius 2 is 2.14 bits per heavy atom. The van der Waals surface area contributed by atoms with Gasteiger partial charge in [0.05, 0.1) is 17.5 Å². The van der Waals surface area contributed by atoms with E-state index in [1.807, 2.05) is 0 Å². The topological polar surface area (TPSA) is 48.4 Å². The average molecular weight is 263 g/mol. The molecule has 0 aliphatic heterocycles. The lowest BCUT2D eigenvalue weighted by molar-refractivity contribution is 0.117. The molecular formula is C8H5BrF2N2O. The van der Waals surface area contributed by atoms with Crippen LogP contribution in [-0.4, -0.2) is 28.4 Å². The van der Waals surface area contributed by atoms with Crippen molar-refractivity contribution >= 4 is 15.9 Å². The van der Waals surface area contributed by atoms with Crippen LogP contribution in [0.2, 0.25) is 0 Å². The van der Waals surface area contributed by atoms with E-state index >= 15 is 0 Å². The molecule has 74 valence electrons. The summed E-state index contributed by atoms with van der Waals surface area (Å²) >= 11 is 2.77. The molecule has 0 aromatic heterocycles. The molecule has 0 radical (unpaired) electrons. The highest BCUT2D eigenvalue weighted by atomic mass is 79.9. The third-order valence-corrected chi connectivity index (χ3v) is 3.00. The molecule has 4 unspecified atom stereocenters. The molecule has 1 aliphatic carbocycles. The van der Waals surface area contributed by atoms with Gasteiger partial charge in [0, 0.05) is 5.57 Å². The number of aliphatic hydroxyl groups excluding tert-OH is 1. The number of hydrogen-bond acceptors (Lipinski definition) is 2. The first-order valence-corrected chi connectivity index (χ1v) is 4.58. The summed E-state index contributed by atoms with van der Waals surface area (Å²) in [6.07, 6.45) is -5.37. The molecule has 0 spiro atoms. The van der Waals surface area contributed by atoms with E-state index in [4.69, 9.17) is 16.9 Å². The number of halogens is 3. The van der Waals surface area contributed by atoms with E-state index < -0.39 is 34.5 Å². The van der Waals surface area contributed by atoms with Crippen LogP contribution in [0, 0.1) is 17.9 Å². The average Bonchev–Trinajstić information content (AvgIpc) is 2.37. The first-order valence-electron chi connectivity index (χ1n) is 3.66. The maximum atomic E-state index is 13.3. The molecule has 3 nitrogen and oxygen atoms in total. The second kappa shape index (κ2) is 4.04. The summed E-state index contributed by atoms with van der Waals surface area (Å²) in [7, 11) is 0. The highest BCUT2D eigenvalue weighted by Gasteiger charge is 2.47. The molecule has 0 bridgehead atoms. The van der Waals surface area contributed by atoms with E-state index in [2.05, 4.69) is 20.8 Å². The van der Waals surface area contributed by atoms with E-state index in [0.29, 0.717) is 0 Å². The second-order valence-electron chi connectivity index (χ2n) is 2.77. The van der Waals surface area contributed by atoms with Crippen LogP contribution in [-0.2, 0) is 0 Å². The van der Waals surface area contributed by atoms with Crippen molar-refractivity contribution in [1.29, 1.82) is 5.26 Å². The quantitative estimate of drug-likeness (QED) is 0.409. The minimum absolute atomic E-state index is 0.558. The number of rotatable bonds is 0. The summed E-state index contributed by atoms with van der Waals surface area (Å²) in [6.45, 7) is 6.55. The summed E-state index contributed by atoms with van der Waals surface area (Å²) < 4.78 is 26.5. The van der Waals surface area contributed by atoms with Crippen molar-refractivity contribution in [2.45, 2.75) is 23.3 Å². The maximum absolute atomic E-state index is 13.3. The van der Waals surface area contributed by atoms with Crippen LogP contribution in [0.25, 0.3) is 4.85 Å². The Bertz CT molecular complexity index is 325. The second-order valence-corrected chi connectivity index (χ2v) is 3.82. The summed E-state index contributed by atoms with van der Waals surface area (Å²) in [6, 6.07) is 1.41. The fourth-order valence-electron chi connectivity index (χ4n) is 1.26. The van der Waals surface area contributed by atoms with Crippen molar-refractivity contribution in [3.8, 4) is 6.07 Å². The number of aliphatic hydroxyl groups is 1. The van der Waals surface area contributed by atoms with Gasteiger partial charge in [-0.2, -0.15) is 0 Å². The number of allylic oxidation sites excluding steroid dienone is 1. The first-order chi connectivity index (χ1) is 6.54. The van der Waals surface area contributed by atoms with Crippen molar-refractivity contribution < 1.29 is 13.9 Å². The Labute approximate surface area is 87.6 Å². The predicted molar refractivity (Wildman–Crippen MR) is 47.8 cm³/mol. The molecular weight excluding hydrogens is 258 g/mol. The highest BCUT2D eigenvalue weighted by molar-refractivity contribution is 9.09. The molecule has 0 amide bonds. The Balaban J connectivity index is 3.21. The van der Waals surface area contributed by atoms with Gasteiger partial charge in [-0.1, -0.05) is 15.9 Å². The molecule has 0 heterocycles. The van der Waals surface area contributed by atoms with Crippen molar-refractivity contribution in [2.24, 2.45) is 0 Å². The molecule has 1 saturated carbocycles. The maximum Gasteiger partial charge on any atom is 0.267 e. The Hall–Kier alpha value is -0.980. The zero-order chi connectivity index (χ0) is 10.9. The zero-order valence-corrected chi connectivity index (χ0v) is 8.37. The van der Waals surface area contributed by atoms with Crippen LogP contribution < -0.4 is 0 Å². The van der Waals surface area contributed by atoms with E-state index in [0.717, 1.165) is 0 Å². The molecule has 0 aromatic carbocycles. The van der Waals surface area contributed by atoms with Crippen LogP contribution in [0.15, 0.2) is 11.3 Å². The van der Waals surface area contributed by atoms with Gasteiger partial charge in [0.2, 0.25) is 0 Å². The molecule has 14 heavy (non-hydrogen) atoms. The van der Waals surface area contributed by atoms with E-state index in [1.54, 1.807) is 0 Å². The molecule has 1 aliphatic rings. The van der Waals surface area contributed by atoms with Gasteiger partial charge in [0.1, 0.15) is 18.4 Å². The van der Waals surface area contributed by atoms with Gasteiger partial charge < -0.3 is 5.11 Å². The molecule has 1 rings (SSSR count).